The molecular formula is C18H17ClN2O3. The number of fused-ring (bicyclic) bond motifs is 1. The summed E-state index contributed by atoms with van der Waals surface area (Å²) in [4.78, 5) is 19.6. The first kappa shape index (κ1) is 16.3. The Kier molecular flexibility index (Phi) is 4.20. The van der Waals surface area contributed by atoms with E-state index in [0.717, 1.165) is 16.6 Å². The van der Waals surface area contributed by atoms with Crippen LogP contribution < -0.4 is 15.0 Å². The number of aryl methyl sites for hydroxylation is 1. The number of hydrogen-bond acceptors (Lipinski definition) is 4. The fourth-order valence-corrected chi connectivity index (χ4v) is 3.16. The number of nitrogens with one attached hydrogen (secondary N) is 1. The highest BCUT2D eigenvalue weighted by molar-refractivity contribution is 6.35. The lowest BCUT2D eigenvalue weighted by molar-refractivity contribution is 0.393. The summed E-state index contributed by atoms with van der Waals surface area (Å²) < 4.78 is 10.7. The first-order valence-corrected chi connectivity index (χ1v) is 7.75. The molecule has 0 spiro atoms. The molecule has 0 saturated carbocycles. The van der Waals surface area contributed by atoms with Gasteiger partial charge in [0.15, 0.2) is 0 Å². The summed E-state index contributed by atoms with van der Waals surface area (Å²) in [7, 11) is 3.12. The molecule has 2 aromatic heterocycles. The summed E-state index contributed by atoms with van der Waals surface area (Å²) >= 11 is 6.49. The molecule has 0 saturated heterocycles. The van der Waals surface area contributed by atoms with Crippen LogP contribution in [-0.2, 0) is 0 Å². The topological polar surface area (TPSA) is 64.2 Å². The fourth-order valence-electron chi connectivity index (χ4n) is 2.78. The molecular weight excluding hydrogens is 328 g/mol. The summed E-state index contributed by atoms with van der Waals surface area (Å²) in [5.41, 5.74) is 2.69. The van der Waals surface area contributed by atoms with Crippen molar-refractivity contribution in [3.8, 4) is 22.8 Å². The van der Waals surface area contributed by atoms with Crippen LogP contribution in [0.25, 0.3) is 22.0 Å². The van der Waals surface area contributed by atoms with Crippen molar-refractivity contribution in [3.63, 3.8) is 0 Å². The van der Waals surface area contributed by atoms with Gasteiger partial charge < -0.3 is 14.5 Å². The van der Waals surface area contributed by atoms with Gasteiger partial charge in [0.05, 0.1) is 30.3 Å². The third-order valence-corrected chi connectivity index (χ3v) is 4.39. The zero-order chi connectivity index (χ0) is 17.4. The molecule has 1 N–H and O–H groups in total. The van der Waals surface area contributed by atoms with Crippen molar-refractivity contribution >= 4 is 22.4 Å². The molecule has 0 radical (unpaired) electrons. The highest BCUT2D eigenvalue weighted by Crippen LogP contribution is 2.42. The largest absolute Gasteiger partial charge is 0.496 e. The average Bonchev–Trinajstić information content (AvgIpc) is 2.56. The van der Waals surface area contributed by atoms with Crippen LogP contribution in [0.1, 0.15) is 11.3 Å². The van der Waals surface area contributed by atoms with Gasteiger partial charge in [0.1, 0.15) is 11.5 Å². The van der Waals surface area contributed by atoms with Crippen LogP contribution in [0.2, 0.25) is 5.02 Å². The summed E-state index contributed by atoms with van der Waals surface area (Å²) in [6.07, 6.45) is 1.68. The molecule has 124 valence electrons. The number of methoxy groups -OCH3 is 2. The molecule has 1 aromatic carbocycles. The van der Waals surface area contributed by atoms with Gasteiger partial charge in [-0.3, -0.25) is 9.78 Å². The number of aromatic nitrogens is 2. The second-order valence-electron chi connectivity index (χ2n) is 5.52. The zero-order valence-corrected chi connectivity index (χ0v) is 14.6. The van der Waals surface area contributed by atoms with Gasteiger partial charge in [-0.2, -0.15) is 0 Å². The number of halogens is 1. The van der Waals surface area contributed by atoms with E-state index in [1.807, 2.05) is 19.9 Å². The Morgan fingerprint density at radius 2 is 1.79 bits per heavy atom. The number of benzene rings is 1. The maximum absolute atomic E-state index is 12.5. The predicted octanol–water partition coefficient (Wildman–Crippen LogP) is 3.88. The van der Waals surface area contributed by atoms with Crippen molar-refractivity contribution in [1.82, 2.24) is 9.97 Å². The van der Waals surface area contributed by atoms with Crippen molar-refractivity contribution in [3.05, 3.63) is 51.0 Å². The van der Waals surface area contributed by atoms with Crippen LogP contribution in [0.3, 0.4) is 0 Å². The van der Waals surface area contributed by atoms with Crippen LogP contribution in [-0.4, -0.2) is 24.2 Å². The van der Waals surface area contributed by atoms with E-state index in [4.69, 9.17) is 21.1 Å². The van der Waals surface area contributed by atoms with Gasteiger partial charge in [0, 0.05) is 34.5 Å². The van der Waals surface area contributed by atoms with Crippen molar-refractivity contribution in [2.75, 3.05) is 14.2 Å². The molecule has 0 aliphatic heterocycles. The molecule has 3 rings (SSSR count). The van der Waals surface area contributed by atoms with Crippen LogP contribution in [0, 0.1) is 13.8 Å². The Morgan fingerprint density at radius 1 is 1.08 bits per heavy atom. The van der Waals surface area contributed by atoms with E-state index < -0.39 is 0 Å². The predicted molar refractivity (Wildman–Crippen MR) is 95.4 cm³/mol. The van der Waals surface area contributed by atoms with E-state index in [0.29, 0.717) is 33.2 Å². The summed E-state index contributed by atoms with van der Waals surface area (Å²) in [5, 5.41) is 1.76. The fraction of sp³-hybridized carbons (Fsp3) is 0.222. The van der Waals surface area contributed by atoms with Crippen molar-refractivity contribution in [2.24, 2.45) is 0 Å². The number of nitrogens with zero attached hydrogens (tertiary/aromatic N) is 1. The molecule has 0 unspecified atom stereocenters. The van der Waals surface area contributed by atoms with Crippen molar-refractivity contribution < 1.29 is 9.47 Å². The molecule has 0 aliphatic rings. The Hall–Kier alpha value is -2.53. The monoisotopic (exact) mass is 344 g/mol. The molecule has 0 aliphatic carbocycles. The minimum atomic E-state index is -0.190. The third-order valence-electron chi connectivity index (χ3n) is 4.02. The molecule has 3 aromatic rings. The summed E-state index contributed by atoms with van der Waals surface area (Å²) in [6.45, 7) is 3.73. The second-order valence-corrected chi connectivity index (χ2v) is 5.90. The van der Waals surface area contributed by atoms with Gasteiger partial charge in [-0.1, -0.05) is 11.6 Å². The lowest BCUT2D eigenvalue weighted by Gasteiger charge is -2.16. The average molecular weight is 345 g/mol. The van der Waals surface area contributed by atoms with Gasteiger partial charge in [-0.15, -0.1) is 0 Å². The van der Waals surface area contributed by atoms with E-state index in [1.165, 1.54) is 7.11 Å². The number of aromatic amines is 1. The van der Waals surface area contributed by atoms with E-state index in [2.05, 4.69) is 9.97 Å². The van der Waals surface area contributed by atoms with Crippen molar-refractivity contribution in [1.29, 1.82) is 0 Å². The smallest absolute Gasteiger partial charge is 0.256 e. The number of hydrogen-bond donors (Lipinski definition) is 1. The Bertz CT molecular complexity index is 967. The quantitative estimate of drug-likeness (QED) is 0.783. The van der Waals surface area contributed by atoms with Gasteiger partial charge in [0.2, 0.25) is 0 Å². The van der Waals surface area contributed by atoms with E-state index in [-0.39, 0.29) is 5.56 Å². The molecule has 0 amide bonds. The third kappa shape index (κ3) is 2.61. The number of pyridine rings is 2. The molecule has 2 heterocycles. The normalized spacial score (nSPS) is 10.9. The Morgan fingerprint density at radius 3 is 2.46 bits per heavy atom. The Balaban J connectivity index is 2.35. The van der Waals surface area contributed by atoms with Gasteiger partial charge in [0.25, 0.3) is 5.56 Å². The highest BCUT2D eigenvalue weighted by Gasteiger charge is 2.18. The number of H-pyrrole nitrogens is 1. The standard InChI is InChI=1S/C18H17ClN2O3/c1-9-5-12-11(8-20-9)6-13(21-18(12)22)16-10(2)14(23-3)7-15(24-4)17(16)19/h5-8H,1-4H3,(H,21,22). The molecule has 0 bridgehead atoms. The van der Waals surface area contributed by atoms with Crippen LogP contribution >= 0.6 is 11.6 Å². The molecule has 6 heteroatoms. The maximum atomic E-state index is 12.5. The first-order valence-electron chi connectivity index (χ1n) is 7.37. The van der Waals surface area contributed by atoms with Crippen LogP contribution in [0.4, 0.5) is 0 Å². The lowest BCUT2D eigenvalue weighted by Crippen LogP contribution is -2.09. The lowest BCUT2D eigenvalue weighted by atomic mass is 10.0. The highest BCUT2D eigenvalue weighted by atomic mass is 35.5. The number of rotatable bonds is 3. The second kappa shape index (κ2) is 6.17. The summed E-state index contributed by atoms with van der Waals surface area (Å²) in [5.74, 6) is 1.12. The molecule has 5 nitrogen and oxygen atoms in total. The minimum absolute atomic E-state index is 0.190. The van der Waals surface area contributed by atoms with E-state index >= 15 is 0 Å². The van der Waals surface area contributed by atoms with Crippen LogP contribution in [0.15, 0.2) is 29.2 Å². The van der Waals surface area contributed by atoms with E-state index in [1.54, 1.807) is 25.4 Å². The van der Waals surface area contributed by atoms with Crippen molar-refractivity contribution in [2.45, 2.75) is 13.8 Å². The Labute approximate surface area is 144 Å². The molecule has 0 fully saturated rings. The number of ether oxygens (including phenoxy) is 2. The van der Waals surface area contributed by atoms with Gasteiger partial charge in [-0.25, -0.2) is 0 Å². The first-order chi connectivity index (χ1) is 11.5. The summed E-state index contributed by atoms with van der Waals surface area (Å²) in [6, 6.07) is 5.35. The minimum Gasteiger partial charge on any atom is -0.496 e. The van der Waals surface area contributed by atoms with E-state index in [9.17, 15) is 4.79 Å². The van der Waals surface area contributed by atoms with Crippen LogP contribution in [0.5, 0.6) is 11.5 Å². The molecule has 24 heavy (non-hydrogen) atoms. The molecule has 0 atom stereocenters. The van der Waals surface area contributed by atoms with Gasteiger partial charge >= 0.3 is 0 Å². The maximum Gasteiger partial charge on any atom is 0.256 e. The van der Waals surface area contributed by atoms with Gasteiger partial charge in [-0.05, 0) is 26.0 Å². The zero-order valence-electron chi connectivity index (χ0n) is 13.9. The SMILES string of the molecule is COc1cc(OC)c(Cl)c(-c2cc3cnc(C)cc3c(=O)[nH]2)c1C.